The van der Waals surface area contributed by atoms with Gasteiger partial charge in [-0.2, -0.15) is 0 Å². The first-order chi connectivity index (χ1) is 22.2. The van der Waals surface area contributed by atoms with Crippen LogP contribution in [0.4, 0.5) is 0 Å². The zero-order chi connectivity index (χ0) is 33.1. The summed E-state index contributed by atoms with van der Waals surface area (Å²) >= 11 is 0. The van der Waals surface area contributed by atoms with Gasteiger partial charge in [-0.3, -0.25) is 9.59 Å². The first-order valence-electron chi connectivity index (χ1n) is 14.5. The molecule has 0 bridgehead atoms. The van der Waals surface area contributed by atoms with Crippen LogP contribution in [0.25, 0.3) is 12.2 Å². The highest BCUT2D eigenvalue weighted by Crippen LogP contribution is 2.30. The van der Waals surface area contributed by atoms with Crippen molar-refractivity contribution < 1.29 is 39.5 Å². The Labute approximate surface area is 266 Å². The predicted octanol–water partition coefficient (Wildman–Crippen LogP) is 4.71. The molecule has 4 rings (SSSR count). The number of nitrogens with one attached hydrogen (secondary N) is 2. The van der Waals surface area contributed by atoms with Crippen LogP contribution >= 0.6 is 0 Å². The van der Waals surface area contributed by atoms with Crippen LogP contribution in [-0.2, 0) is 22.4 Å². The number of benzene rings is 4. The van der Waals surface area contributed by atoms with E-state index in [0.717, 1.165) is 11.1 Å². The monoisotopic (exact) mass is 624 g/mol. The molecule has 10 nitrogen and oxygen atoms in total. The maximum atomic E-state index is 13.8. The average molecular weight is 625 g/mol. The van der Waals surface area contributed by atoms with Gasteiger partial charge in [-0.1, -0.05) is 36.4 Å². The molecular weight excluding hydrogens is 588 g/mol. The number of aromatic hydroxyl groups is 4. The topological polar surface area (TPSA) is 158 Å². The maximum Gasteiger partial charge on any atom is 0.252 e. The smallest absolute Gasteiger partial charge is 0.252 e. The fourth-order valence-corrected chi connectivity index (χ4v) is 4.59. The van der Waals surface area contributed by atoms with Gasteiger partial charge in [-0.25, -0.2) is 0 Å². The van der Waals surface area contributed by atoms with E-state index >= 15 is 0 Å². The Balaban J connectivity index is 1.71. The van der Waals surface area contributed by atoms with E-state index in [0.29, 0.717) is 24.0 Å². The van der Waals surface area contributed by atoms with Crippen LogP contribution in [0, 0.1) is 0 Å². The van der Waals surface area contributed by atoms with Crippen molar-refractivity contribution in [1.82, 2.24) is 10.6 Å². The predicted molar refractivity (Wildman–Crippen MR) is 175 cm³/mol. The van der Waals surface area contributed by atoms with Gasteiger partial charge in [0.05, 0.1) is 25.4 Å². The van der Waals surface area contributed by atoms with Crippen molar-refractivity contribution in [2.24, 2.45) is 0 Å². The van der Waals surface area contributed by atoms with Gasteiger partial charge in [-0.05, 0) is 95.8 Å². The molecule has 46 heavy (non-hydrogen) atoms. The number of hydrogen-bond acceptors (Lipinski definition) is 8. The summed E-state index contributed by atoms with van der Waals surface area (Å²) in [5, 5.41) is 45.2. The Morgan fingerprint density at radius 3 is 1.30 bits per heavy atom. The lowest BCUT2D eigenvalue weighted by molar-refractivity contribution is -0.120. The molecule has 0 atom stereocenters. The molecule has 238 valence electrons. The third kappa shape index (κ3) is 9.06. The third-order valence-corrected chi connectivity index (χ3v) is 7.08. The normalized spacial score (nSPS) is 11.5. The van der Waals surface area contributed by atoms with Crippen LogP contribution in [0.15, 0.2) is 96.1 Å². The summed E-state index contributed by atoms with van der Waals surface area (Å²) in [6.45, 7) is 0.477. The van der Waals surface area contributed by atoms with Crippen LogP contribution in [-0.4, -0.2) is 59.5 Å². The van der Waals surface area contributed by atoms with E-state index < -0.39 is 11.8 Å². The highest BCUT2D eigenvalue weighted by Gasteiger charge is 2.22. The van der Waals surface area contributed by atoms with Crippen LogP contribution in [0.1, 0.15) is 22.3 Å². The number of hydrogen-bond donors (Lipinski definition) is 6. The van der Waals surface area contributed by atoms with Crippen molar-refractivity contribution in [2.45, 2.75) is 12.8 Å². The fourth-order valence-electron chi connectivity index (χ4n) is 4.59. The highest BCUT2D eigenvalue weighted by atomic mass is 16.5. The van der Waals surface area contributed by atoms with E-state index in [2.05, 4.69) is 10.6 Å². The molecule has 0 fully saturated rings. The summed E-state index contributed by atoms with van der Waals surface area (Å²) < 4.78 is 10.5. The second-order valence-electron chi connectivity index (χ2n) is 10.3. The van der Waals surface area contributed by atoms with Crippen LogP contribution < -0.4 is 20.1 Å². The Bertz CT molecular complexity index is 1600. The van der Waals surface area contributed by atoms with Crippen LogP contribution in [0.2, 0.25) is 0 Å². The summed E-state index contributed by atoms with van der Waals surface area (Å²) in [6, 6.07) is 22.4. The van der Waals surface area contributed by atoms with Crippen molar-refractivity contribution in [2.75, 3.05) is 27.3 Å². The van der Waals surface area contributed by atoms with Crippen molar-refractivity contribution in [1.29, 1.82) is 0 Å². The molecule has 0 saturated heterocycles. The molecule has 0 aliphatic heterocycles. The second-order valence-corrected chi connectivity index (χ2v) is 10.3. The summed E-state index contributed by atoms with van der Waals surface area (Å²) in [5.74, 6) is -0.579. The van der Waals surface area contributed by atoms with E-state index in [4.69, 9.17) is 9.47 Å². The molecule has 0 saturated carbocycles. The van der Waals surface area contributed by atoms with Crippen molar-refractivity contribution in [3.05, 3.63) is 118 Å². The molecule has 0 aromatic heterocycles. The number of ether oxygens (including phenoxy) is 2. The van der Waals surface area contributed by atoms with Crippen molar-refractivity contribution in [3.8, 4) is 34.5 Å². The molecule has 0 spiro atoms. The maximum absolute atomic E-state index is 13.8. The Morgan fingerprint density at radius 2 is 0.957 bits per heavy atom. The van der Waals surface area contributed by atoms with Gasteiger partial charge in [-0.15, -0.1) is 0 Å². The van der Waals surface area contributed by atoms with Gasteiger partial charge in [0.2, 0.25) is 0 Å². The second kappa shape index (κ2) is 15.7. The summed E-state index contributed by atoms with van der Waals surface area (Å²) in [7, 11) is 2.81. The lowest BCUT2D eigenvalue weighted by atomic mass is 9.97. The van der Waals surface area contributed by atoms with Crippen molar-refractivity contribution in [3.63, 3.8) is 0 Å². The quantitative estimate of drug-likeness (QED) is 0.0922. The van der Waals surface area contributed by atoms with Crippen molar-refractivity contribution >= 4 is 24.0 Å². The SMILES string of the molecule is COc1cc(C=C(C(=O)NCCc2ccc(O)cc2)C(=Cc2ccc(O)c(OC)c2)C(=O)NCCc2ccc(O)cc2)ccc1O. The van der Waals surface area contributed by atoms with Gasteiger partial charge < -0.3 is 40.5 Å². The summed E-state index contributed by atoms with van der Waals surface area (Å²) in [4.78, 5) is 27.7. The number of phenolic OH excluding ortho intramolecular Hbond substituents is 4. The van der Waals surface area contributed by atoms with Gasteiger partial charge in [0, 0.05) is 13.1 Å². The Kier molecular flexibility index (Phi) is 11.3. The minimum Gasteiger partial charge on any atom is -0.508 e. The number of carbonyl (C=O) groups is 2. The first kappa shape index (κ1) is 33.0. The number of carbonyl (C=O) groups excluding carboxylic acids is 2. The van der Waals surface area contributed by atoms with E-state index in [1.165, 1.54) is 38.5 Å². The fraction of sp³-hybridized carbons (Fsp3) is 0.167. The molecule has 0 aliphatic rings. The van der Waals surface area contributed by atoms with Crippen LogP contribution in [0.3, 0.4) is 0 Å². The number of phenols is 4. The van der Waals surface area contributed by atoms with Crippen LogP contribution in [0.5, 0.6) is 34.5 Å². The van der Waals surface area contributed by atoms with Gasteiger partial charge in [0.1, 0.15) is 11.5 Å². The number of rotatable bonds is 13. The molecule has 10 heteroatoms. The molecule has 0 radical (unpaired) electrons. The van der Waals surface area contributed by atoms with Gasteiger partial charge in [0.15, 0.2) is 23.0 Å². The largest absolute Gasteiger partial charge is 0.508 e. The average Bonchev–Trinajstić information content (AvgIpc) is 3.05. The molecule has 4 aromatic carbocycles. The zero-order valence-corrected chi connectivity index (χ0v) is 25.5. The molecule has 0 heterocycles. The third-order valence-electron chi connectivity index (χ3n) is 7.08. The van der Waals surface area contributed by atoms with Gasteiger partial charge in [0.25, 0.3) is 11.8 Å². The minimum absolute atomic E-state index is 0.0348. The lowest BCUT2D eigenvalue weighted by Gasteiger charge is -2.15. The first-order valence-corrected chi connectivity index (χ1v) is 14.5. The standard InChI is InChI=1S/C36H36N2O8/c1-45-33-21-25(7-13-31(33)41)19-29(35(43)37-17-15-23-3-9-27(39)10-4-23)30(20-26-8-14-32(42)34(22-26)46-2)36(44)38-18-16-24-5-11-28(40)12-6-24/h3-14,19-22,39-42H,15-18H2,1-2H3,(H,37,43)(H,38,44). The molecule has 6 N–H and O–H groups in total. The van der Waals surface area contributed by atoms with E-state index in [9.17, 15) is 30.0 Å². The van der Waals surface area contributed by atoms with E-state index in [1.807, 2.05) is 0 Å². The highest BCUT2D eigenvalue weighted by molar-refractivity contribution is 6.16. The molecule has 4 aromatic rings. The van der Waals surface area contributed by atoms with E-state index in [-0.39, 0.29) is 58.7 Å². The van der Waals surface area contributed by atoms with Gasteiger partial charge >= 0.3 is 0 Å². The Morgan fingerprint density at radius 1 is 0.587 bits per heavy atom. The number of methoxy groups -OCH3 is 2. The van der Waals surface area contributed by atoms with E-state index in [1.54, 1.807) is 72.8 Å². The Hall–Kier alpha value is -5.90. The molecule has 2 amide bonds. The molecule has 0 unspecified atom stereocenters. The lowest BCUT2D eigenvalue weighted by Crippen LogP contribution is -2.33. The molecular formula is C36H36N2O8. The molecule has 0 aliphatic carbocycles. The number of amides is 2. The summed E-state index contributed by atoms with van der Waals surface area (Å²) in [5.41, 5.74) is 2.84. The minimum atomic E-state index is -0.531. The summed E-state index contributed by atoms with van der Waals surface area (Å²) in [6.07, 6.45) is 4.00. The zero-order valence-electron chi connectivity index (χ0n) is 25.5.